The van der Waals surface area contributed by atoms with E-state index in [-0.39, 0.29) is 11.9 Å². The van der Waals surface area contributed by atoms with Crippen LogP contribution in [0.4, 0.5) is 0 Å². The van der Waals surface area contributed by atoms with Crippen LogP contribution in [-0.4, -0.2) is 61.6 Å². The third-order valence-electron chi connectivity index (χ3n) is 5.81. The molecule has 2 aromatic rings. The van der Waals surface area contributed by atoms with E-state index in [1.54, 1.807) is 22.3 Å². The molecule has 4 rings (SSSR count). The second kappa shape index (κ2) is 6.49. The zero-order valence-electron chi connectivity index (χ0n) is 14.7. The van der Waals surface area contributed by atoms with Crippen LogP contribution in [0, 0.1) is 5.41 Å². The lowest BCUT2D eigenvalue weighted by atomic mass is 9.92. The first-order chi connectivity index (χ1) is 12.1. The number of hydrogen-bond donors (Lipinski definition) is 0. The van der Waals surface area contributed by atoms with Gasteiger partial charge in [-0.05, 0) is 38.6 Å². The summed E-state index contributed by atoms with van der Waals surface area (Å²) in [6, 6.07) is 0.348. The van der Waals surface area contributed by atoms with Crippen LogP contribution in [0.5, 0.6) is 0 Å². The zero-order valence-corrected chi connectivity index (χ0v) is 15.5. The lowest BCUT2D eigenvalue weighted by Gasteiger charge is -2.35. The van der Waals surface area contributed by atoms with Gasteiger partial charge in [-0.15, -0.1) is 11.3 Å². The second-order valence-electron chi connectivity index (χ2n) is 7.30. The van der Waals surface area contributed by atoms with Crippen molar-refractivity contribution in [3.63, 3.8) is 0 Å². The molecule has 0 radical (unpaired) electrons. The molecular weight excluding hydrogens is 336 g/mol. The van der Waals surface area contributed by atoms with Crippen molar-refractivity contribution in [2.45, 2.75) is 44.8 Å². The fraction of sp³-hybridized carbons (Fsp3) is 0.647. The number of thiazole rings is 1. The van der Waals surface area contributed by atoms with Gasteiger partial charge in [0.2, 0.25) is 5.91 Å². The number of nitrogens with zero attached hydrogens (tertiary/aromatic N) is 6. The van der Waals surface area contributed by atoms with E-state index in [1.165, 1.54) is 17.8 Å². The zero-order chi connectivity index (χ0) is 17.4. The molecule has 0 aromatic carbocycles. The van der Waals surface area contributed by atoms with Crippen LogP contribution >= 0.6 is 11.3 Å². The lowest BCUT2D eigenvalue weighted by molar-refractivity contribution is -0.136. The predicted molar refractivity (Wildman–Crippen MR) is 95.0 cm³/mol. The summed E-state index contributed by atoms with van der Waals surface area (Å²) < 4.78 is 1.63. The highest BCUT2D eigenvalue weighted by atomic mass is 32.1. The third-order valence-corrected chi connectivity index (χ3v) is 6.57. The first kappa shape index (κ1) is 16.7. The van der Waals surface area contributed by atoms with Gasteiger partial charge in [-0.2, -0.15) is 5.10 Å². The van der Waals surface area contributed by atoms with Crippen LogP contribution in [0.15, 0.2) is 24.2 Å². The Kier molecular flexibility index (Phi) is 4.33. The van der Waals surface area contributed by atoms with Crippen molar-refractivity contribution in [2.24, 2.45) is 5.41 Å². The number of aromatic nitrogens is 4. The second-order valence-corrected chi connectivity index (χ2v) is 8.28. The van der Waals surface area contributed by atoms with E-state index in [0.29, 0.717) is 11.5 Å². The molecule has 1 saturated heterocycles. The average Bonchev–Trinajstić information content (AvgIpc) is 3.06. The summed E-state index contributed by atoms with van der Waals surface area (Å²) in [6.07, 6.45) is 8.39. The minimum absolute atomic E-state index is 0.147. The number of piperidine rings is 1. The van der Waals surface area contributed by atoms with Gasteiger partial charge in [0, 0.05) is 30.7 Å². The fourth-order valence-electron chi connectivity index (χ4n) is 4.11. The molecule has 2 atom stereocenters. The van der Waals surface area contributed by atoms with Crippen molar-refractivity contribution in [3.8, 4) is 0 Å². The number of rotatable bonds is 5. The van der Waals surface area contributed by atoms with Crippen LogP contribution in [-0.2, 0) is 11.3 Å². The van der Waals surface area contributed by atoms with E-state index in [9.17, 15) is 4.79 Å². The summed E-state index contributed by atoms with van der Waals surface area (Å²) in [7, 11) is 2.20. The molecular formula is C17H24N6OS. The number of amides is 1. The molecule has 0 N–H and O–H groups in total. The minimum Gasteiger partial charge on any atom is -0.341 e. The third kappa shape index (κ3) is 3.20. The highest BCUT2D eigenvalue weighted by molar-refractivity contribution is 7.09. The molecule has 134 valence electrons. The Hall–Kier alpha value is -1.80. The summed E-state index contributed by atoms with van der Waals surface area (Å²) in [4.78, 5) is 25.4. The van der Waals surface area contributed by atoms with Gasteiger partial charge in [0.1, 0.15) is 23.7 Å². The van der Waals surface area contributed by atoms with Crippen molar-refractivity contribution in [3.05, 3.63) is 29.2 Å². The summed E-state index contributed by atoms with van der Waals surface area (Å²) in [5, 5.41) is 7.30. The Morgan fingerprint density at radius 2 is 2.28 bits per heavy atom. The molecule has 1 amide bonds. The van der Waals surface area contributed by atoms with Gasteiger partial charge in [0.25, 0.3) is 0 Å². The number of carbonyl (C=O) groups excluding carboxylic acids is 1. The SMILES string of the molecule is C[C@H](C(=O)N1CCC2(CC1)C[C@@H]2N(C)Cc1nccs1)n1cncn1. The van der Waals surface area contributed by atoms with Crippen LogP contribution in [0.1, 0.15) is 37.2 Å². The van der Waals surface area contributed by atoms with Gasteiger partial charge >= 0.3 is 0 Å². The van der Waals surface area contributed by atoms with Gasteiger partial charge in [-0.3, -0.25) is 9.69 Å². The molecule has 0 unspecified atom stereocenters. The average molecular weight is 360 g/mol. The first-order valence-corrected chi connectivity index (χ1v) is 9.68. The van der Waals surface area contributed by atoms with Crippen molar-refractivity contribution in [1.82, 2.24) is 29.5 Å². The summed E-state index contributed by atoms with van der Waals surface area (Å²) in [5.74, 6) is 0.147. The van der Waals surface area contributed by atoms with Crippen LogP contribution < -0.4 is 0 Å². The Morgan fingerprint density at radius 3 is 2.92 bits per heavy atom. The smallest absolute Gasteiger partial charge is 0.247 e. The molecule has 2 aliphatic rings. The lowest BCUT2D eigenvalue weighted by Crippen LogP contribution is -2.43. The van der Waals surface area contributed by atoms with Crippen molar-refractivity contribution < 1.29 is 4.79 Å². The predicted octanol–water partition coefficient (Wildman–Crippen LogP) is 1.81. The molecule has 1 aliphatic carbocycles. The van der Waals surface area contributed by atoms with E-state index in [4.69, 9.17) is 0 Å². The van der Waals surface area contributed by atoms with Crippen molar-refractivity contribution >= 4 is 17.2 Å². The fourth-order valence-corrected chi connectivity index (χ4v) is 4.79. The van der Waals surface area contributed by atoms with Gasteiger partial charge in [-0.1, -0.05) is 0 Å². The molecule has 1 spiro atoms. The van der Waals surface area contributed by atoms with E-state index < -0.39 is 0 Å². The highest BCUT2D eigenvalue weighted by Crippen LogP contribution is 2.56. The van der Waals surface area contributed by atoms with Crippen molar-refractivity contribution in [1.29, 1.82) is 0 Å². The van der Waals surface area contributed by atoms with Gasteiger partial charge < -0.3 is 4.90 Å². The van der Waals surface area contributed by atoms with Gasteiger partial charge in [0.05, 0.1) is 6.54 Å². The Labute approximate surface area is 151 Å². The maximum Gasteiger partial charge on any atom is 0.247 e. The first-order valence-electron chi connectivity index (χ1n) is 8.80. The summed E-state index contributed by atoms with van der Waals surface area (Å²) in [5.41, 5.74) is 0.402. The van der Waals surface area contributed by atoms with Crippen LogP contribution in [0.25, 0.3) is 0 Å². The topological polar surface area (TPSA) is 67.2 Å². The molecule has 7 nitrogen and oxygen atoms in total. The highest BCUT2D eigenvalue weighted by Gasteiger charge is 2.57. The Morgan fingerprint density at radius 1 is 1.48 bits per heavy atom. The quantitative estimate of drug-likeness (QED) is 0.813. The Bertz CT molecular complexity index is 708. The van der Waals surface area contributed by atoms with Crippen molar-refractivity contribution in [2.75, 3.05) is 20.1 Å². The molecule has 3 heterocycles. The summed E-state index contributed by atoms with van der Waals surface area (Å²) >= 11 is 1.72. The number of carbonyl (C=O) groups is 1. The van der Waals surface area contributed by atoms with E-state index in [1.807, 2.05) is 23.4 Å². The molecule has 2 fully saturated rings. The standard InChI is InChI=1S/C17H24N6OS/c1-13(23-12-18-11-20-23)16(24)22-6-3-17(4-7-22)9-14(17)21(2)10-15-19-5-8-25-15/h5,8,11-14H,3-4,6-7,9-10H2,1-2H3/t13-,14+/m1/s1. The molecule has 1 saturated carbocycles. The van der Waals surface area contributed by atoms with Gasteiger partial charge in [0.15, 0.2) is 0 Å². The van der Waals surface area contributed by atoms with E-state index in [0.717, 1.165) is 32.5 Å². The molecule has 2 aromatic heterocycles. The summed E-state index contributed by atoms with van der Waals surface area (Å²) in [6.45, 7) is 4.51. The monoisotopic (exact) mass is 360 g/mol. The Balaban J connectivity index is 1.31. The number of hydrogen-bond acceptors (Lipinski definition) is 6. The molecule has 1 aliphatic heterocycles. The van der Waals surface area contributed by atoms with Crippen LogP contribution in [0.2, 0.25) is 0 Å². The van der Waals surface area contributed by atoms with E-state index in [2.05, 4.69) is 27.0 Å². The normalized spacial score (nSPS) is 23.2. The van der Waals surface area contributed by atoms with Gasteiger partial charge in [-0.25, -0.2) is 14.6 Å². The number of likely N-dealkylation sites (tertiary alicyclic amines) is 1. The minimum atomic E-state index is -0.279. The molecule has 25 heavy (non-hydrogen) atoms. The maximum absolute atomic E-state index is 12.7. The van der Waals surface area contributed by atoms with E-state index >= 15 is 0 Å². The maximum atomic E-state index is 12.7. The van der Waals surface area contributed by atoms with Crippen LogP contribution in [0.3, 0.4) is 0 Å². The molecule has 8 heteroatoms. The largest absolute Gasteiger partial charge is 0.341 e. The molecule has 0 bridgehead atoms.